The molecule has 0 bridgehead atoms. The van der Waals surface area contributed by atoms with Gasteiger partial charge in [-0.05, 0) is 50.5 Å². The molecule has 2 heteroatoms. The van der Waals surface area contributed by atoms with Gasteiger partial charge in [0, 0.05) is 12.1 Å². The fraction of sp³-hybridized carbons (Fsp3) is 0.538. The lowest BCUT2D eigenvalue weighted by Gasteiger charge is -2.25. The van der Waals surface area contributed by atoms with Crippen molar-refractivity contribution in [3.8, 4) is 0 Å². The van der Waals surface area contributed by atoms with Crippen LogP contribution in [-0.2, 0) is 6.54 Å². The standard InChI is InChI=1S/C13H20FN/c1-5-13(3,4)15-9-11-6-7-12(14)8-10(11)2/h6-8,15H,5,9H2,1-4H3. The Hall–Kier alpha value is -0.890. The average molecular weight is 209 g/mol. The van der Waals surface area contributed by atoms with Crippen molar-refractivity contribution in [1.29, 1.82) is 0 Å². The summed E-state index contributed by atoms with van der Waals surface area (Å²) in [5, 5.41) is 3.46. The van der Waals surface area contributed by atoms with E-state index in [-0.39, 0.29) is 11.4 Å². The number of benzene rings is 1. The summed E-state index contributed by atoms with van der Waals surface area (Å²) in [5.41, 5.74) is 2.31. The van der Waals surface area contributed by atoms with Crippen LogP contribution < -0.4 is 5.32 Å². The molecule has 84 valence electrons. The highest BCUT2D eigenvalue weighted by Gasteiger charge is 2.13. The Morgan fingerprint density at radius 3 is 2.53 bits per heavy atom. The van der Waals surface area contributed by atoms with Crippen LogP contribution in [0.1, 0.15) is 38.3 Å². The van der Waals surface area contributed by atoms with Crippen LogP contribution >= 0.6 is 0 Å². The third-order valence-corrected chi connectivity index (χ3v) is 2.95. The van der Waals surface area contributed by atoms with Gasteiger partial charge < -0.3 is 5.32 Å². The van der Waals surface area contributed by atoms with Gasteiger partial charge in [-0.15, -0.1) is 0 Å². The van der Waals surface area contributed by atoms with E-state index in [9.17, 15) is 4.39 Å². The topological polar surface area (TPSA) is 12.0 Å². The van der Waals surface area contributed by atoms with Crippen LogP contribution in [0.3, 0.4) is 0 Å². The number of halogens is 1. The lowest BCUT2D eigenvalue weighted by molar-refractivity contribution is 0.374. The van der Waals surface area contributed by atoms with Crippen molar-refractivity contribution in [2.45, 2.75) is 46.2 Å². The maximum Gasteiger partial charge on any atom is 0.123 e. The van der Waals surface area contributed by atoms with Crippen LogP contribution in [0.4, 0.5) is 4.39 Å². The highest BCUT2D eigenvalue weighted by atomic mass is 19.1. The lowest BCUT2D eigenvalue weighted by Crippen LogP contribution is -2.37. The van der Waals surface area contributed by atoms with E-state index in [1.165, 1.54) is 6.07 Å². The first-order valence-corrected chi connectivity index (χ1v) is 5.44. The van der Waals surface area contributed by atoms with Gasteiger partial charge in [0.1, 0.15) is 5.82 Å². The van der Waals surface area contributed by atoms with Gasteiger partial charge in [-0.25, -0.2) is 4.39 Å². The van der Waals surface area contributed by atoms with Gasteiger partial charge >= 0.3 is 0 Å². The van der Waals surface area contributed by atoms with Crippen molar-refractivity contribution in [2.24, 2.45) is 0 Å². The zero-order chi connectivity index (χ0) is 11.5. The third kappa shape index (κ3) is 3.63. The SMILES string of the molecule is CCC(C)(C)NCc1ccc(F)cc1C. The van der Waals surface area contributed by atoms with E-state index in [4.69, 9.17) is 0 Å². The molecule has 0 radical (unpaired) electrons. The number of nitrogens with one attached hydrogen (secondary N) is 1. The zero-order valence-electron chi connectivity index (χ0n) is 10.0. The van der Waals surface area contributed by atoms with Gasteiger partial charge in [-0.2, -0.15) is 0 Å². The predicted octanol–water partition coefficient (Wildman–Crippen LogP) is 3.41. The second-order valence-corrected chi connectivity index (χ2v) is 4.66. The molecule has 0 saturated heterocycles. The van der Waals surface area contributed by atoms with Crippen LogP contribution in [-0.4, -0.2) is 5.54 Å². The molecule has 0 aromatic heterocycles. The Kier molecular flexibility index (Phi) is 3.86. The molecule has 0 aliphatic carbocycles. The maximum atomic E-state index is 12.9. The van der Waals surface area contributed by atoms with Crippen LogP contribution in [0.25, 0.3) is 0 Å². The fourth-order valence-corrected chi connectivity index (χ4v) is 1.32. The molecule has 0 amide bonds. The van der Waals surface area contributed by atoms with Crippen molar-refractivity contribution < 1.29 is 4.39 Å². The molecule has 0 aliphatic rings. The summed E-state index contributed by atoms with van der Waals surface area (Å²) in [6.07, 6.45) is 1.08. The highest BCUT2D eigenvalue weighted by Crippen LogP contribution is 2.13. The van der Waals surface area contributed by atoms with Gasteiger partial charge in [-0.1, -0.05) is 13.0 Å². The molecule has 0 spiro atoms. The Morgan fingerprint density at radius 2 is 2.00 bits per heavy atom. The molecular formula is C13H20FN. The van der Waals surface area contributed by atoms with E-state index in [1.807, 2.05) is 13.0 Å². The van der Waals surface area contributed by atoms with Gasteiger partial charge in [0.2, 0.25) is 0 Å². The fourth-order valence-electron chi connectivity index (χ4n) is 1.32. The van der Waals surface area contributed by atoms with Crippen LogP contribution in [0.5, 0.6) is 0 Å². The van der Waals surface area contributed by atoms with E-state index in [2.05, 4.69) is 26.1 Å². The second kappa shape index (κ2) is 4.75. The number of rotatable bonds is 4. The molecule has 0 fully saturated rings. The van der Waals surface area contributed by atoms with E-state index in [1.54, 1.807) is 6.07 Å². The monoisotopic (exact) mass is 209 g/mol. The summed E-state index contributed by atoms with van der Waals surface area (Å²) in [7, 11) is 0. The number of hydrogen-bond acceptors (Lipinski definition) is 1. The van der Waals surface area contributed by atoms with Gasteiger partial charge in [0.25, 0.3) is 0 Å². The molecule has 0 unspecified atom stereocenters. The Bertz CT molecular complexity index is 331. The molecule has 1 rings (SSSR count). The molecule has 0 atom stereocenters. The van der Waals surface area contributed by atoms with E-state index in [0.717, 1.165) is 24.1 Å². The minimum Gasteiger partial charge on any atom is -0.308 e. The summed E-state index contributed by atoms with van der Waals surface area (Å²) in [6, 6.07) is 4.95. The summed E-state index contributed by atoms with van der Waals surface area (Å²) in [4.78, 5) is 0. The molecular weight excluding hydrogens is 189 g/mol. The maximum absolute atomic E-state index is 12.9. The summed E-state index contributed by atoms with van der Waals surface area (Å²) >= 11 is 0. The first-order chi connectivity index (χ1) is 6.94. The van der Waals surface area contributed by atoms with Crippen LogP contribution in [0, 0.1) is 12.7 Å². The molecule has 1 aromatic carbocycles. The van der Waals surface area contributed by atoms with Gasteiger partial charge in [-0.3, -0.25) is 0 Å². The summed E-state index contributed by atoms with van der Waals surface area (Å²) in [5.74, 6) is -0.161. The van der Waals surface area contributed by atoms with Crippen molar-refractivity contribution in [1.82, 2.24) is 5.32 Å². The zero-order valence-corrected chi connectivity index (χ0v) is 10.0. The van der Waals surface area contributed by atoms with Gasteiger partial charge in [0.05, 0.1) is 0 Å². The average Bonchev–Trinajstić information content (AvgIpc) is 2.16. The molecule has 0 heterocycles. The lowest BCUT2D eigenvalue weighted by atomic mass is 10.0. The van der Waals surface area contributed by atoms with E-state index < -0.39 is 0 Å². The molecule has 0 saturated carbocycles. The normalized spacial score (nSPS) is 11.8. The minimum absolute atomic E-state index is 0.140. The van der Waals surface area contributed by atoms with E-state index >= 15 is 0 Å². The van der Waals surface area contributed by atoms with Gasteiger partial charge in [0.15, 0.2) is 0 Å². The van der Waals surface area contributed by atoms with Crippen molar-refractivity contribution in [3.63, 3.8) is 0 Å². The molecule has 15 heavy (non-hydrogen) atoms. The highest BCUT2D eigenvalue weighted by molar-refractivity contribution is 5.26. The number of aryl methyl sites for hydroxylation is 1. The van der Waals surface area contributed by atoms with Crippen LogP contribution in [0.2, 0.25) is 0 Å². The summed E-state index contributed by atoms with van der Waals surface area (Å²) < 4.78 is 12.9. The Labute approximate surface area is 91.7 Å². The molecule has 1 N–H and O–H groups in total. The van der Waals surface area contributed by atoms with E-state index in [0.29, 0.717) is 0 Å². The number of hydrogen-bond donors (Lipinski definition) is 1. The van der Waals surface area contributed by atoms with Crippen molar-refractivity contribution in [3.05, 3.63) is 35.1 Å². The smallest absolute Gasteiger partial charge is 0.123 e. The van der Waals surface area contributed by atoms with Crippen LogP contribution in [0.15, 0.2) is 18.2 Å². The molecule has 0 aliphatic heterocycles. The minimum atomic E-state index is -0.161. The van der Waals surface area contributed by atoms with Crippen molar-refractivity contribution in [2.75, 3.05) is 0 Å². The first-order valence-electron chi connectivity index (χ1n) is 5.44. The Balaban J connectivity index is 2.66. The molecule has 1 aromatic rings. The van der Waals surface area contributed by atoms with Crippen molar-refractivity contribution >= 4 is 0 Å². The summed E-state index contributed by atoms with van der Waals surface area (Å²) in [6.45, 7) is 9.24. The third-order valence-electron chi connectivity index (χ3n) is 2.95. The first kappa shape index (κ1) is 12.2. The molecule has 1 nitrogen and oxygen atoms in total. The quantitative estimate of drug-likeness (QED) is 0.801. The predicted molar refractivity (Wildman–Crippen MR) is 62.3 cm³/mol. The second-order valence-electron chi connectivity index (χ2n) is 4.66. The largest absolute Gasteiger partial charge is 0.308 e. The Morgan fingerprint density at radius 1 is 1.33 bits per heavy atom.